The maximum absolute atomic E-state index is 11.8. The molecule has 0 radical (unpaired) electrons. The molecule has 1 unspecified atom stereocenters. The molecule has 0 fully saturated rings. The van der Waals surface area contributed by atoms with Crippen molar-refractivity contribution in [3.05, 3.63) is 34.9 Å². The van der Waals surface area contributed by atoms with E-state index >= 15 is 0 Å². The number of benzene rings is 1. The van der Waals surface area contributed by atoms with Crippen LogP contribution in [0, 0.1) is 0 Å². The van der Waals surface area contributed by atoms with Gasteiger partial charge in [0, 0.05) is 17.5 Å². The fraction of sp³-hybridized carbons (Fsp3) is 0.429. The molecule has 1 amide bonds. The van der Waals surface area contributed by atoms with Crippen LogP contribution in [0.15, 0.2) is 24.3 Å². The summed E-state index contributed by atoms with van der Waals surface area (Å²) in [5.74, 6) is -0.602. The summed E-state index contributed by atoms with van der Waals surface area (Å²) in [4.78, 5) is 23.2. The van der Waals surface area contributed by atoms with Crippen molar-refractivity contribution in [3.8, 4) is 0 Å². The van der Waals surface area contributed by atoms with Crippen molar-refractivity contribution in [1.29, 1.82) is 0 Å². The third kappa shape index (κ3) is 7.32. The van der Waals surface area contributed by atoms with Gasteiger partial charge in [0.1, 0.15) is 0 Å². The number of carbonyl (C=O) groups excluding carboxylic acids is 2. The summed E-state index contributed by atoms with van der Waals surface area (Å²) < 4.78 is 4.65. The Kier molecular flexibility index (Phi) is 9.01. The van der Waals surface area contributed by atoms with E-state index < -0.39 is 12.0 Å². The maximum atomic E-state index is 11.8. The first-order chi connectivity index (χ1) is 9.42. The lowest BCUT2D eigenvalue weighted by molar-refractivity contribution is -0.141. The number of methoxy groups -OCH3 is 1. The van der Waals surface area contributed by atoms with E-state index in [1.165, 1.54) is 7.11 Å². The average Bonchev–Trinajstić information content (AvgIpc) is 2.37. The van der Waals surface area contributed by atoms with Crippen molar-refractivity contribution in [2.75, 3.05) is 7.11 Å². The largest absolute Gasteiger partial charge is 0.469 e. The number of hydrogen-bond acceptors (Lipinski definition) is 4. The van der Waals surface area contributed by atoms with Gasteiger partial charge in [0.25, 0.3) is 0 Å². The van der Waals surface area contributed by atoms with Crippen molar-refractivity contribution in [1.82, 2.24) is 5.32 Å². The molecule has 0 saturated carbocycles. The third-order valence-electron chi connectivity index (χ3n) is 2.71. The molecule has 1 aromatic rings. The first-order valence-corrected chi connectivity index (χ1v) is 6.67. The lowest BCUT2D eigenvalue weighted by atomic mass is 10.0. The first-order valence-electron chi connectivity index (χ1n) is 6.29. The Bertz CT molecular complexity index is 464. The Morgan fingerprint density at radius 3 is 2.33 bits per heavy atom. The number of rotatable bonds is 6. The molecule has 0 saturated heterocycles. The third-order valence-corrected chi connectivity index (χ3v) is 2.97. The fourth-order valence-corrected chi connectivity index (χ4v) is 1.87. The smallest absolute Gasteiger partial charge is 0.307 e. The van der Waals surface area contributed by atoms with E-state index in [1.54, 1.807) is 31.2 Å². The number of ether oxygens (including phenoxy) is 1. The highest BCUT2D eigenvalue weighted by atomic mass is 35.5. The molecule has 5 nitrogen and oxygen atoms in total. The van der Waals surface area contributed by atoms with E-state index in [2.05, 4.69) is 10.1 Å². The van der Waals surface area contributed by atoms with Crippen LogP contribution < -0.4 is 11.1 Å². The number of nitrogens with two attached hydrogens (primary N) is 1. The summed E-state index contributed by atoms with van der Waals surface area (Å²) in [6.07, 6.45) is 0.258. The van der Waals surface area contributed by atoms with E-state index in [1.807, 2.05) is 0 Å². The fourth-order valence-electron chi connectivity index (χ4n) is 1.74. The van der Waals surface area contributed by atoms with E-state index in [-0.39, 0.29) is 37.2 Å². The van der Waals surface area contributed by atoms with E-state index in [0.717, 1.165) is 5.56 Å². The summed E-state index contributed by atoms with van der Waals surface area (Å²) in [6, 6.07) is 6.26. The number of amides is 1. The Hall–Kier alpha value is -1.30. The Morgan fingerprint density at radius 2 is 1.86 bits per heavy atom. The van der Waals surface area contributed by atoms with Gasteiger partial charge in [-0.2, -0.15) is 0 Å². The second-order valence-electron chi connectivity index (χ2n) is 4.63. The summed E-state index contributed by atoms with van der Waals surface area (Å²) in [5.41, 5.74) is 6.37. The predicted octanol–water partition coefficient (Wildman–Crippen LogP) is 2.22. The molecule has 0 aliphatic carbocycles. The molecule has 1 aromatic carbocycles. The van der Waals surface area contributed by atoms with Gasteiger partial charge in [-0.15, -0.1) is 12.4 Å². The second-order valence-corrected chi connectivity index (χ2v) is 5.07. The zero-order valence-corrected chi connectivity index (χ0v) is 13.5. The molecule has 0 aromatic heterocycles. The van der Waals surface area contributed by atoms with Crippen molar-refractivity contribution in [3.63, 3.8) is 0 Å². The maximum Gasteiger partial charge on any atom is 0.307 e. The lowest BCUT2D eigenvalue weighted by Crippen LogP contribution is -2.34. The van der Waals surface area contributed by atoms with Crippen molar-refractivity contribution in [2.45, 2.75) is 31.8 Å². The summed E-state index contributed by atoms with van der Waals surface area (Å²) in [5, 5.41) is 3.38. The normalized spacial score (nSPS) is 12.8. The van der Waals surface area contributed by atoms with Crippen molar-refractivity contribution < 1.29 is 14.3 Å². The molecule has 0 bridgehead atoms. The molecule has 2 atom stereocenters. The quantitative estimate of drug-likeness (QED) is 0.781. The standard InChI is InChI=1S/C14H19ClN2O3.ClH/c1-9(16)7-13(18)17-12(8-14(19)20-2)10-3-5-11(15)6-4-10;/h3-6,9,12H,7-8,16H2,1-2H3,(H,17,18);1H/t9?,12-;/m0./s1. The van der Waals surface area contributed by atoms with E-state index in [9.17, 15) is 9.59 Å². The number of esters is 1. The predicted molar refractivity (Wildman–Crippen MR) is 84.5 cm³/mol. The molecule has 118 valence electrons. The van der Waals surface area contributed by atoms with Crippen LogP contribution >= 0.6 is 24.0 Å². The zero-order valence-electron chi connectivity index (χ0n) is 12.0. The summed E-state index contributed by atoms with van der Waals surface area (Å²) in [6.45, 7) is 1.75. The average molecular weight is 335 g/mol. The van der Waals surface area contributed by atoms with Gasteiger partial charge >= 0.3 is 5.97 Å². The molecule has 0 aliphatic heterocycles. The molecule has 1 rings (SSSR count). The minimum Gasteiger partial charge on any atom is -0.469 e. The van der Waals surface area contributed by atoms with E-state index in [0.29, 0.717) is 5.02 Å². The minimum atomic E-state index is -0.453. The van der Waals surface area contributed by atoms with Crippen LogP contribution in [0.1, 0.15) is 31.4 Å². The van der Waals surface area contributed by atoms with Gasteiger partial charge in [0.05, 0.1) is 19.6 Å². The van der Waals surface area contributed by atoms with Crippen molar-refractivity contribution in [2.24, 2.45) is 5.73 Å². The molecule has 0 aliphatic rings. The van der Waals surface area contributed by atoms with E-state index in [4.69, 9.17) is 17.3 Å². The number of nitrogens with one attached hydrogen (secondary N) is 1. The Balaban J connectivity index is 0.00000400. The topological polar surface area (TPSA) is 81.4 Å². The van der Waals surface area contributed by atoms with Crippen LogP contribution in [0.5, 0.6) is 0 Å². The number of hydrogen-bond donors (Lipinski definition) is 2. The molecular formula is C14H20Cl2N2O3. The Morgan fingerprint density at radius 1 is 1.29 bits per heavy atom. The van der Waals surface area contributed by atoms with Gasteiger partial charge in [-0.25, -0.2) is 0 Å². The van der Waals surface area contributed by atoms with Gasteiger partial charge in [-0.05, 0) is 24.6 Å². The Labute approximate surface area is 135 Å². The molecular weight excluding hydrogens is 315 g/mol. The lowest BCUT2D eigenvalue weighted by Gasteiger charge is -2.19. The summed E-state index contributed by atoms with van der Waals surface area (Å²) >= 11 is 5.83. The first kappa shape index (κ1) is 19.7. The highest BCUT2D eigenvalue weighted by Gasteiger charge is 2.19. The van der Waals surface area contributed by atoms with Crippen molar-refractivity contribution >= 4 is 35.9 Å². The van der Waals surface area contributed by atoms with Crippen LogP contribution in [-0.4, -0.2) is 25.0 Å². The van der Waals surface area contributed by atoms with Crippen LogP contribution in [0.25, 0.3) is 0 Å². The SMILES string of the molecule is COC(=O)C[C@H](NC(=O)CC(C)N)c1ccc(Cl)cc1.Cl. The molecule has 7 heteroatoms. The molecule has 0 heterocycles. The van der Waals surface area contributed by atoms with Gasteiger partial charge in [-0.1, -0.05) is 23.7 Å². The highest BCUT2D eigenvalue weighted by Crippen LogP contribution is 2.20. The van der Waals surface area contributed by atoms with Crippen LogP contribution in [0.4, 0.5) is 0 Å². The van der Waals surface area contributed by atoms with Crippen LogP contribution in [0.2, 0.25) is 5.02 Å². The molecule has 21 heavy (non-hydrogen) atoms. The second kappa shape index (κ2) is 9.60. The minimum absolute atomic E-state index is 0. The number of carbonyl (C=O) groups is 2. The molecule has 0 spiro atoms. The van der Waals surface area contributed by atoms with Gasteiger partial charge in [0.15, 0.2) is 0 Å². The molecule has 3 N–H and O–H groups in total. The van der Waals surface area contributed by atoms with Crippen LogP contribution in [0.3, 0.4) is 0 Å². The highest BCUT2D eigenvalue weighted by molar-refractivity contribution is 6.30. The van der Waals surface area contributed by atoms with Gasteiger partial charge < -0.3 is 15.8 Å². The number of halogens is 2. The van der Waals surface area contributed by atoms with Crippen LogP contribution in [-0.2, 0) is 14.3 Å². The van der Waals surface area contributed by atoms with Gasteiger partial charge in [0.2, 0.25) is 5.91 Å². The monoisotopic (exact) mass is 334 g/mol. The zero-order chi connectivity index (χ0) is 15.1. The van der Waals surface area contributed by atoms with Gasteiger partial charge in [-0.3, -0.25) is 9.59 Å². The summed E-state index contributed by atoms with van der Waals surface area (Å²) in [7, 11) is 1.31.